The second-order valence-electron chi connectivity index (χ2n) is 7.38. The fourth-order valence-corrected chi connectivity index (χ4v) is 3.15. The molecule has 34 heavy (non-hydrogen) atoms. The van der Waals surface area contributed by atoms with Gasteiger partial charge in [0.2, 0.25) is 11.8 Å². The molecule has 2 amide bonds. The number of nitrogens with one attached hydrogen (secondary N) is 2. The van der Waals surface area contributed by atoms with E-state index in [1.54, 1.807) is 31.2 Å². The van der Waals surface area contributed by atoms with Gasteiger partial charge in [0.15, 0.2) is 0 Å². The molecule has 2 N–H and O–H groups in total. The molecule has 3 aromatic rings. The number of ether oxygens (including phenoxy) is 1. The minimum Gasteiger partial charge on any atom is -0.457 e. The molecule has 0 saturated heterocycles. The number of benzene rings is 3. The lowest BCUT2D eigenvalue weighted by Crippen LogP contribution is -2.38. The van der Waals surface area contributed by atoms with Crippen molar-refractivity contribution in [2.24, 2.45) is 0 Å². The first kappa shape index (κ1) is 24.8. The molecule has 3 rings (SSSR count). The topological polar surface area (TPSA) is 70.7 Å². The summed E-state index contributed by atoms with van der Waals surface area (Å²) in [4.78, 5) is 26.3. The third-order valence-electron chi connectivity index (χ3n) is 4.81. The molecule has 0 saturated carbocycles. The van der Waals surface area contributed by atoms with Gasteiger partial charge in [0.25, 0.3) is 0 Å². The van der Waals surface area contributed by atoms with Gasteiger partial charge in [-0.1, -0.05) is 37.3 Å². The Morgan fingerprint density at radius 2 is 1.35 bits per heavy atom. The molecule has 0 fully saturated rings. The molecule has 0 aliphatic heterocycles. The van der Waals surface area contributed by atoms with E-state index in [0.29, 0.717) is 23.7 Å². The van der Waals surface area contributed by atoms with Crippen molar-refractivity contribution in [3.63, 3.8) is 0 Å². The minimum absolute atomic E-state index is 0.104. The van der Waals surface area contributed by atoms with Gasteiger partial charge in [-0.2, -0.15) is 13.2 Å². The summed E-state index contributed by atoms with van der Waals surface area (Å²) in [6.45, 7) is 1.76. The normalized spacial score (nSPS) is 11.2. The molecule has 9 heteroatoms. The van der Waals surface area contributed by atoms with Gasteiger partial charge in [-0.05, 0) is 55.1 Å². The molecule has 0 radical (unpaired) electrons. The summed E-state index contributed by atoms with van der Waals surface area (Å²) >= 11 is 0. The van der Waals surface area contributed by atoms with Crippen LogP contribution in [0.25, 0.3) is 0 Å². The summed E-state index contributed by atoms with van der Waals surface area (Å²) in [5, 5.41) is 5.02. The second kappa shape index (κ2) is 11.3. The number of carbonyl (C=O) groups excluding carboxylic acids is 2. The molecule has 0 spiro atoms. The third kappa shape index (κ3) is 7.35. The molecular weight excluding hydrogens is 447 g/mol. The van der Waals surface area contributed by atoms with Crippen LogP contribution in [0.3, 0.4) is 0 Å². The van der Waals surface area contributed by atoms with Gasteiger partial charge in [0.05, 0.1) is 24.3 Å². The molecule has 0 heterocycles. The van der Waals surface area contributed by atoms with Crippen molar-refractivity contribution in [3.8, 4) is 11.5 Å². The molecule has 0 aromatic heterocycles. The number of alkyl halides is 3. The van der Waals surface area contributed by atoms with E-state index in [1.807, 2.05) is 30.3 Å². The lowest BCUT2D eigenvalue weighted by atomic mass is 10.1. The van der Waals surface area contributed by atoms with Gasteiger partial charge < -0.3 is 15.4 Å². The van der Waals surface area contributed by atoms with Crippen LogP contribution in [0.2, 0.25) is 0 Å². The van der Waals surface area contributed by atoms with Crippen LogP contribution in [0.15, 0.2) is 78.9 Å². The largest absolute Gasteiger partial charge is 0.457 e. The Bertz CT molecular complexity index is 1100. The van der Waals surface area contributed by atoms with Crippen LogP contribution in [-0.4, -0.2) is 36.3 Å². The van der Waals surface area contributed by atoms with Crippen molar-refractivity contribution in [1.82, 2.24) is 4.90 Å². The van der Waals surface area contributed by atoms with Gasteiger partial charge in [-0.3, -0.25) is 14.5 Å². The number of para-hydroxylation sites is 2. The average Bonchev–Trinajstić information content (AvgIpc) is 2.80. The van der Waals surface area contributed by atoms with E-state index in [2.05, 4.69) is 10.6 Å². The van der Waals surface area contributed by atoms with E-state index in [0.717, 1.165) is 6.07 Å². The first-order valence-electron chi connectivity index (χ1n) is 10.6. The fourth-order valence-electron chi connectivity index (χ4n) is 3.15. The maximum absolute atomic E-state index is 13.1. The number of anilines is 2. The molecule has 6 nitrogen and oxygen atoms in total. The molecule has 3 aromatic carbocycles. The Balaban J connectivity index is 1.52. The smallest absolute Gasteiger partial charge is 0.418 e. The number of hydrogen-bond acceptors (Lipinski definition) is 4. The average molecular weight is 471 g/mol. The minimum atomic E-state index is -4.59. The van der Waals surface area contributed by atoms with Crippen LogP contribution < -0.4 is 15.4 Å². The molecule has 0 unspecified atom stereocenters. The monoisotopic (exact) mass is 471 g/mol. The van der Waals surface area contributed by atoms with E-state index < -0.39 is 17.6 Å². The van der Waals surface area contributed by atoms with E-state index in [1.165, 1.54) is 23.1 Å². The van der Waals surface area contributed by atoms with Crippen LogP contribution in [0.1, 0.15) is 12.5 Å². The van der Waals surface area contributed by atoms with E-state index in [-0.39, 0.29) is 24.7 Å². The van der Waals surface area contributed by atoms with Crippen LogP contribution >= 0.6 is 0 Å². The Morgan fingerprint density at radius 3 is 1.97 bits per heavy atom. The fraction of sp³-hybridized carbons (Fsp3) is 0.200. The third-order valence-corrected chi connectivity index (χ3v) is 4.81. The van der Waals surface area contributed by atoms with E-state index in [9.17, 15) is 22.8 Å². The molecule has 0 aliphatic rings. The lowest BCUT2D eigenvalue weighted by Gasteiger charge is -2.20. The Kier molecular flexibility index (Phi) is 8.26. The highest BCUT2D eigenvalue weighted by Gasteiger charge is 2.33. The van der Waals surface area contributed by atoms with Crippen molar-refractivity contribution < 1.29 is 27.5 Å². The van der Waals surface area contributed by atoms with E-state index >= 15 is 0 Å². The van der Waals surface area contributed by atoms with Gasteiger partial charge in [-0.15, -0.1) is 0 Å². The highest BCUT2D eigenvalue weighted by Crippen LogP contribution is 2.34. The van der Waals surface area contributed by atoms with Crippen LogP contribution in [0.5, 0.6) is 11.5 Å². The van der Waals surface area contributed by atoms with Gasteiger partial charge in [0, 0.05) is 5.69 Å². The molecular formula is C25H24F3N3O3. The zero-order valence-corrected chi connectivity index (χ0v) is 18.4. The standard InChI is InChI=1S/C25H24F3N3O3/c1-2-31(17-24(33)30-22-11-7-6-10-21(22)25(26,27)28)16-23(32)29-18-12-14-20(15-13-18)34-19-8-4-3-5-9-19/h3-15H,2,16-17H2,1H3,(H,29,32)(H,30,33). The van der Waals surface area contributed by atoms with Gasteiger partial charge in [-0.25, -0.2) is 0 Å². The number of amides is 2. The maximum atomic E-state index is 13.1. The van der Waals surface area contributed by atoms with E-state index in [4.69, 9.17) is 4.74 Å². The van der Waals surface area contributed by atoms with Crippen molar-refractivity contribution in [2.75, 3.05) is 30.3 Å². The number of likely N-dealkylation sites (N-methyl/N-ethyl adjacent to an activating group) is 1. The molecule has 0 bridgehead atoms. The molecule has 0 aliphatic carbocycles. The Morgan fingerprint density at radius 1 is 0.794 bits per heavy atom. The predicted octanol–water partition coefficient (Wildman–Crippen LogP) is 5.40. The summed E-state index contributed by atoms with van der Waals surface area (Å²) in [6, 6.07) is 20.8. The summed E-state index contributed by atoms with van der Waals surface area (Å²) in [6.07, 6.45) is -4.59. The number of nitrogens with zero attached hydrogens (tertiary/aromatic N) is 1. The zero-order chi connectivity index (χ0) is 24.6. The van der Waals surface area contributed by atoms with Crippen LogP contribution in [0.4, 0.5) is 24.5 Å². The quantitative estimate of drug-likeness (QED) is 0.439. The number of hydrogen-bond donors (Lipinski definition) is 2. The first-order valence-corrected chi connectivity index (χ1v) is 10.6. The molecule has 0 atom stereocenters. The Hall–Kier alpha value is -3.85. The zero-order valence-electron chi connectivity index (χ0n) is 18.4. The van der Waals surface area contributed by atoms with Crippen LogP contribution in [0, 0.1) is 0 Å². The number of carbonyl (C=O) groups is 2. The van der Waals surface area contributed by atoms with Crippen LogP contribution in [-0.2, 0) is 15.8 Å². The van der Waals surface area contributed by atoms with Crippen molar-refractivity contribution in [1.29, 1.82) is 0 Å². The predicted molar refractivity (Wildman–Crippen MR) is 124 cm³/mol. The first-order chi connectivity index (χ1) is 16.2. The van der Waals surface area contributed by atoms with Gasteiger partial charge >= 0.3 is 6.18 Å². The second-order valence-corrected chi connectivity index (χ2v) is 7.38. The SMILES string of the molecule is CCN(CC(=O)Nc1ccc(Oc2ccccc2)cc1)CC(=O)Nc1ccccc1C(F)(F)F. The summed E-state index contributed by atoms with van der Waals surface area (Å²) < 4.78 is 45.1. The number of halogens is 3. The summed E-state index contributed by atoms with van der Waals surface area (Å²) in [5.41, 5.74) is -0.702. The van der Waals surface area contributed by atoms with Crippen molar-refractivity contribution in [2.45, 2.75) is 13.1 Å². The lowest BCUT2D eigenvalue weighted by molar-refractivity contribution is -0.137. The summed E-state index contributed by atoms with van der Waals surface area (Å²) in [5.74, 6) is 0.292. The summed E-state index contributed by atoms with van der Waals surface area (Å²) in [7, 11) is 0. The van der Waals surface area contributed by atoms with Gasteiger partial charge in [0.1, 0.15) is 11.5 Å². The highest BCUT2D eigenvalue weighted by atomic mass is 19.4. The Labute approximate surface area is 195 Å². The maximum Gasteiger partial charge on any atom is 0.418 e. The molecule has 178 valence electrons. The highest BCUT2D eigenvalue weighted by molar-refractivity contribution is 5.95. The van der Waals surface area contributed by atoms with Crippen molar-refractivity contribution >= 4 is 23.2 Å². The number of rotatable bonds is 9. The van der Waals surface area contributed by atoms with Crippen molar-refractivity contribution in [3.05, 3.63) is 84.4 Å².